The fraction of sp³-hybridized carbons (Fsp3) is 0.538. The summed E-state index contributed by atoms with van der Waals surface area (Å²) in [5.41, 5.74) is 1.00. The van der Waals surface area contributed by atoms with Crippen LogP contribution in [-0.4, -0.2) is 45.8 Å². The quantitative estimate of drug-likeness (QED) is 0.726. The predicted molar refractivity (Wildman–Crippen MR) is 80.5 cm³/mol. The van der Waals surface area contributed by atoms with Crippen LogP contribution in [0.1, 0.15) is 13.3 Å². The molecule has 6 heteroatoms. The zero-order valence-corrected chi connectivity index (χ0v) is 13.2. The Bertz CT molecular complexity index is 480. The van der Waals surface area contributed by atoms with Crippen molar-refractivity contribution in [3.05, 3.63) is 24.3 Å². The van der Waals surface area contributed by atoms with Gasteiger partial charge in [-0.15, -0.1) is 11.6 Å². The summed E-state index contributed by atoms with van der Waals surface area (Å²) in [6, 6.07) is 6.94. The van der Waals surface area contributed by atoms with Gasteiger partial charge in [0.05, 0.1) is 4.90 Å². The summed E-state index contributed by atoms with van der Waals surface area (Å²) in [4.78, 5) is 2.46. The first-order chi connectivity index (χ1) is 8.93. The Kier molecular flexibility index (Phi) is 6.10. The molecule has 0 N–H and O–H groups in total. The van der Waals surface area contributed by atoms with Crippen molar-refractivity contribution in [3.63, 3.8) is 0 Å². The van der Waals surface area contributed by atoms with E-state index in [0.29, 0.717) is 10.8 Å². The van der Waals surface area contributed by atoms with Gasteiger partial charge >= 0.3 is 0 Å². The summed E-state index contributed by atoms with van der Waals surface area (Å²) in [5.74, 6) is 0.553. The van der Waals surface area contributed by atoms with Crippen LogP contribution in [0.2, 0.25) is 0 Å². The highest BCUT2D eigenvalue weighted by Gasteiger charge is 2.17. The van der Waals surface area contributed by atoms with E-state index >= 15 is 0 Å². The minimum Gasteiger partial charge on any atom is -0.370 e. The Hall–Kier alpha value is -0.780. The second kappa shape index (κ2) is 7.12. The molecule has 19 heavy (non-hydrogen) atoms. The lowest BCUT2D eigenvalue weighted by atomic mass is 10.2. The highest BCUT2D eigenvalue weighted by molar-refractivity contribution is 7.89. The normalized spacial score (nSPS) is 11.8. The van der Waals surface area contributed by atoms with Crippen molar-refractivity contribution in [2.24, 2.45) is 0 Å². The van der Waals surface area contributed by atoms with Gasteiger partial charge in [-0.05, 0) is 30.7 Å². The number of halogens is 1. The largest absolute Gasteiger partial charge is 0.370 e. The molecule has 1 aromatic rings. The van der Waals surface area contributed by atoms with E-state index in [1.807, 2.05) is 12.1 Å². The van der Waals surface area contributed by atoms with E-state index in [9.17, 15) is 8.42 Å². The van der Waals surface area contributed by atoms with Crippen molar-refractivity contribution in [2.75, 3.05) is 38.0 Å². The van der Waals surface area contributed by atoms with E-state index in [0.717, 1.165) is 25.2 Å². The molecule has 0 radical (unpaired) electrons. The van der Waals surface area contributed by atoms with E-state index in [1.54, 1.807) is 12.1 Å². The Morgan fingerprint density at radius 3 is 2.11 bits per heavy atom. The summed E-state index contributed by atoms with van der Waals surface area (Å²) in [7, 11) is -0.299. The molecule has 0 spiro atoms. The van der Waals surface area contributed by atoms with Gasteiger partial charge in [0, 0.05) is 38.8 Å². The number of benzene rings is 1. The van der Waals surface area contributed by atoms with E-state index in [4.69, 9.17) is 11.6 Å². The highest BCUT2D eigenvalue weighted by Crippen LogP contribution is 2.20. The van der Waals surface area contributed by atoms with E-state index in [1.165, 1.54) is 18.4 Å². The average molecular weight is 305 g/mol. The molecule has 0 saturated heterocycles. The van der Waals surface area contributed by atoms with Crippen molar-refractivity contribution in [1.82, 2.24) is 4.31 Å². The molecule has 1 rings (SSSR count). The zero-order chi connectivity index (χ0) is 14.5. The Morgan fingerprint density at radius 1 is 1.11 bits per heavy atom. The van der Waals surface area contributed by atoms with Crippen molar-refractivity contribution >= 4 is 27.3 Å². The van der Waals surface area contributed by atoms with Gasteiger partial charge in [0.25, 0.3) is 0 Å². The number of nitrogens with zero attached hydrogens (tertiary/aromatic N) is 2. The molecule has 0 unspecified atom stereocenters. The standard InChI is InChI=1S/C13H21ClN2O2S/c1-4-10-16(11-9-14)12-5-7-13(8-6-12)19(17,18)15(2)3/h5-8H,4,9-11H2,1-3H3. The Morgan fingerprint density at radius 2 is 1.68 bits per heavy atom. The zero-order valence-electron chi connectivity index (χ0n) is 11.6. The van der Waals surface area contributed by atoms with Gasteiger partial charge in [-0.25, -0.2) is 12.7 Å². The molecule has 0 atom stereocenters. The molecule has 0 bridgehead atoms. The lowest BCUT2D eigenvalue weighted by molar-refractivity contribution is 0.521. The molecule has 0 heterocycles. The summed E-state index contributed by atoms with van der Waals surface area (Å²) in [5, 5.41) is 0. The highest BCUT2D eigenvalue weighted by atomic mass is 35.5. The third-order valence-electron chi connectivity index (χ3n) is 2.83. The molecule has 0 aliphatic heterocycles. The van der Waals surface area contributed by atoms with E-state index in [2.05, 4.69) is 11.8 Å². The predicted octanol–water partition coefficient (Wildman–Crippen LogP) is 2.39. The lowest BCUT2D eigenvalue weighted by Crippen LogP contribution is -2.26. The summed E-state index contributed by atoms with van der Waals surface area (Å²) >= 11 is 5.78. The fourth-order valence-electron chi connectivity index (χ4n) is 1.78. The molecular weight excluding hydrogens is 284 g/mol. The lowest BCUT2D eigenvalue weighted by Gasteiger charge is -2.23. The molecule has 0 aliphatic carbocycles. The summed E-state index contributed by atoms with van der Waals surface area (Å²) in [6.07, 6.45) is 1.02. The van der Waals surface area contributed by atoms with Gasteiger partial charge in [0.1, 0.15) is 0 Å². The van der Waals surface area contributed by atoms with E-state index in [-0.39, 0.29) is 0 Å². The van der Waals surface area contributed by atoms with Gasteiger partial charge < -0.3 is 4.90 Å². The van der Waals surface area contributed by atoms with E-state index < -0.39 is 10.0 Å². The van der Waals surface area contributed by atoms with Crippen LogP contribution in [0, 0.1) is 0 Å². The number of sulfonamides is 1. The van der Waals surface area contributed by atoms with Crippen LogP contribution in [0.3, 0.4) is 0 Å². The molecule has 1 aromatic carbocycles. The second-order valence-electron chi connectivity index (χ2n) is 4.46. The first kappa shape index (κ1) is 16.3. The first-order valence-corrected chi connectivity index (χ1v) is 8.24. The monoisotopic (exact) mass is 304 g/mol. The molecule has 0 fully saturated rings. The first-order valence-electron chi connectivity index (χ1n) is 6.27. The Balaban J connectivity index is 2.98. The average Bonchev–Trinajstić information content (AvgIpc) is 2.38. The number of hydrogen-bond donors (Lipinski definition) is 0. The van der Waals surface area contributed by atoms with Crippen molar-refractivity contribution in [3.8, 4) is 0 Å². The third kappa shape index (κ3) is 4.09. The van der Waals surface area contributed by atoms with Crippen molar-refractivity contribution in [2.45, 2.75) is 18.2 Å². The van der Waals surface area contributed by atoms with Gasteiger partial charge in [-0.2, -0.15) is 0 Å². The van der Waals surface area contributed by atoms with Gasteiger partial charge in [-0.3, -0.25) is 0 Å². The maximum atomic E-state index is 12.0. The number of rotatable bonds is 7. The topological polar surface area (TPSA) is 40.6 Å². The molecule has 0 amide bonds. The molecule has 4 nitrogen and oxygen atoms in total. The molecule has 0 aromatic heterocycles. The molecule has 108 valence electrons. The maximum Gasteiger partial charge on any atom is 0.242 e. The van der Waals surface area contributed by atoms with Gasteiger partial charge in [0.15, 0.2) is 0 Å². The minimum atomic E-state index is -3.36. The molecule has 0 aliphatic rings. The second-order valence-corrected chi connectivity index (χ2v) is 6.99. The Labute approximate surface area is 121 Å². The number of hydrogen-bond acceptors (Lipinski definition) is 3. The number of anilines is 1. The van der Waals surface area contributed by atoms with Crippen LogP contribution in [0.15, 0.2) is 29.2 Å². The van der Waals surface area contributed by atoms with Crippen LogP contribution < -0.4 is 4.90 Å². The fourth-order valence-corrected chi connectivity index (χ4v) is 2.89. The smallest absolute Gasteiger partial charge is 0.242 e. The van der Waals surface area contributed by atoms with Gasteiger partial charge in [0.2, 0.25) is 10.0 Å². The number of alkyl halides is 1. The van der Waals surface area contributed by atoms with Gasteiger partial charge in [-0.1, -0.05) is 6.92 Å². The van der Waals surface area contributed by atoms with Crippen LogP contribution in [0.25, 0.3) is 0 Å². The summed E-state index contributed by atoms with van der Waals surface area (Å²) in [6.45, 7) is 3.77. The SMILES string of the molecule is CCCN(CCCl)c1ccc(S(=O)(=O)N(C)C)cc1. The summed E-state index contributed by atoms with van der Waals surface area (Å²) < 4.78 is 25.1. The molecule has 0 saturated carbocycles. The minimum absolute atomic E-state index is 0.309. The van der Waals surface area contributed by atoms with Crippen molar-refractivity contribution in [1.29, 1.82) is 0 Å². The van der Waals surface area contributed by atoms with Crippen LogP contribution in [-0.2, 0) is 10.0 Å². The molecular formula is C13H21ClN2O2S. The van der Waals surface area contributed by atoms with Crippen LogP contribution >= 0.6 is 11.6 Å². The van der Waals surface area contributed by atoms with Crippen LogP contribution in [0.4, 0.5) is 5.69 Å². The third-order valence-corrected chi connectivity index (χ3v) is 4.83. The van der Waals surface area contributed by atoms with Crippen LogP contribution in [0.5, 0.6) is 0 Å². The maximum absolute atomic E-state index is 12.0. The van der Waals surface area contributed by atoms with Crippen molar-refractivity contribution < 1.29 is 8.42 Å².